The quantitative estimate of drug-likeness (QED) is 0.459. The molecule has 5 heteroatoms. The molecular weight excluding hydrogens is 245 g/mol. The van der Waals surface area contributed by atoms with Crippen LogP contribution in [0.15, 0.2) is 6.07 Å². The van der Waals surface area contributed by atoms with Crippen LogP contribution >= 0.6 is 18.5 Å². The number of carbonyl (C=O) groups is 1. The van der Waals surface area contributed by atoms with Crippen LogP contribution in [-0.2, 0) is 4.79 Å². The fourth-order valence-corrected chi connectivity index (χ4v) is 1.92. The molecule has 1 rings (SSSR count). The van der Waals surface area contributed by atoms with Crippen LogP contribution < -0.4 is 15.3 Å². The van der Waals surface area contributed by atoms with E-state index in [2.05, 4.69) is 18.5 Å². The Bertz CT molecular complexity index is 404. The zero-order chi connectivity index (χ0) is 12.5. The van der Waals surface area contributed by atoms with E-state index in [1.54, 1.807) is 26.8 Å². The van der Waals surface area contributed by atoms with Gasteiger partial charge in [0.2, 0.25) is 0 Å². The summed E-state index contributed by atoms with van der Waals surface area (Å²) in [7, 11) is 4.78. The zero-order valence-electron chi connectivity index (χ0n) is 9.50. The number of esters is 1. The lowest BCUT2D eigenvalue weighted by atomic mass is 10.2. The lowest BCUT2D eigenvalue weighted by molar-refractivity contribution is -0.138. The summed E-state index contributed by atoms with van der Waals surface area (Å²) in [5.74, 6) is -1.18. The monoisotopic (exact) mass is 260 g/mol. The highest BCUT2D eigenvalue weighted by atomic mass is 31.0. The molecule has 1 aromatic carbocycles. The molecule has 0 aliphatic rings. The molecule has 2 nitrogen and oxygen atoms in total. The van der Waals surface area contributed by atoms with E-state index in [1.165, 1.54) is 0 Å². The van der Waals surface area contributed by atoms with Crippen LogP contribution in [0.5, 0.6) is 5.75 Å². The number of halogens is 1. The van der Waals surface area contributed by atoms with Gasteiger partial charge in [-0.3, -0.25) is 4.79 Å². The Labute approximate surface area is 99.4 Å². The van der Waals surface area contributed by atoms with Crippen LogP contribution in [0.4, 0.5) is 4.39 Å². The van der Waals surface area contributed by atoms with Gasteiger partial charge in [0.15, 0.2) is 11.6 Å². The second-order valence-electron chi connectivity index (χ2n) is 3.90. The Morgan fingerprint density at radius 2 is 1.94 bits per heavy atom. The van der Waals surface area contributed by atoms with E-state index in [0.717, 1.165) is 5.30 Å². The summed E-state index contributed by atoms with van der Waals surface area (Å²) in [6, 6.07) is 1.67. The minimum Gasteiger partial charge on any atom is -0.423 e. The minimum atomic E-state index is -0.497. The average Bonchev–Trinajstić information content (AvgIpc) is 2.21. The minimum absolute atomic E-state index is 0.0243. The van der Waals surface area contributed by atoms with Crippen molar-refractivity contribution in [1.82, 2.24) is 0 Å². The Balaban J connectivity index is 3.18. The third kappa shape index (κ3) is 2.78. The van der Waals surface area contributed by atoms with Gasteiger partial charge < -0.3 is 4.74 Å². The highest BCUT2D eigenvalue weighted by molar-refractivity contribution is 7.29. The van der Waals surface area contributed by atoms with Crippen molar-refractivity contribution in [3.8, 4) is 5.75 Å². The summed E-state index contributed by atoms with van der Waals surface area (Å²) in [5, 5.41) is 1.21. The second kappa shape index (κ2) is 5.21. The van der Waals surface area contributed by atoms with Crippen LogP contribution in [0.25, 0.3) is 0 Å². The average molecular weight is 260 g/mol. The molecule has 0 radical (unpaired) electrons. The molecule has 0 aliphatic heterocycles. The molecule has 0 aliphatic carbocycles. The van der Waals surface area contributed by atoms with E-state index in [4.69, 9.17) is 4.74 Å². The van der Waals surface area contributed by atoms with E-state index in [-0.39, 0.29) is 11.7 Å². The summed E-state index contributed by atoms with van der Waals surface area (Å²) < 4.78 is 18.8. The Morgan fingerprint density at radius 3 is 2.44 bits per heavy atom. The molecular formula is C11H15FO2P2. The van der Waals surface area contributed by atoms with Gasteiger partial charge in [-0.25, -0.2) is 4.39 Å². The van der Waals surface area contributed by atoms with E-state index >= 15 is 0 Å². The molecule has 0 heterocycles. The van der Waals surface area contributed by atoms with Crippen LogP contribution in [0.3, 0.4) is 0 Å². The Hall–Kier alpha value is -0.520. The van der Waals surface area contributed by atoms with Crippen molar-refractivity contribution < 1.29 is 13.9 Å². The first-order valence-electron chi connectivity index (χ1n) is 4.90. The Kier molecular flexibility index (Phi) is 4.41. The number of hydrogen-bond donors (Lipinski definition) is 0. The van der Waals surface area contributed by atoms with E-state index in [1.807, 2.05) is 0 Å². The number of ether oxygens (including phenoxy) is 1. The molecule has 0 amide bonds. The molecule has 0 aromatic heterocycles. The molecule has 16 heavy (non-hydrogen) atoms. The fourth-order valence-electron chi connectivity index (χ4n) is 1.11. The molecule has 0 bridgehead atoms. The van der Waals surface area contributed by atoms with Crippen LogP contribution in [0.2, 0.25) is 0 Å². The number of benzene rings is 1. The second-order valence-corrected chi connectivity index (χ2v) is 5.14. The van der Waals surface area contributed by atoms with Crippen molar-refractivity contribution in [1.29, 1.82) is 0 Å². The molecule has 2 atom stereocenters. The summed E-state index contributed by atoms with van der Waals surface area (Å²) in [6.07, 6.45) is 0. The van der Waals surface area contributed by atoms with Gasteiger partial charge in [0, 0.05) is 10.9 Å². The van der Waals surface area contributed by atoms with Crippen molar-refractivity contribution in [2.24, 2.45) is 5.92 Å². The van der Waals surface area contributed by atoms with Crippen LogP contribution in [0, 0.1) is 18.7 Å². The van der Waals surface area contributed by atoms with Crippen LogP contribution in [0.1, 0.15) is 19.4 Å². The van der Waals surface area contributed by atoms with Crippen molar-refractivity contribution in [2.45, 2.75) is 20.8 Å². The molecule has 0 saturated heterocycles. The van der Waals surface area contributed by atoms with Crippen molar-refractivity contribution in [3.63, 3.8) is 0 Å². The molecule has 0 saturated carbocycles. The van der Waals surface area contributed by atoms with E-state index in [9.17, 15) is 9.18 Å². The topological polar surface area (TPSA) is 26.3 Å². The first kappa shape index (κ1) is 13.5. The normalized spacial score (nSPS) is 10.7. The number of rotatable bonds is 2. The highest BCUT2D eigenvalue weighted by Gasteiger charge is 2.18. The summed E-state index contributed by atoms with van der Waals surface area (Å²) in [5.41, 5.74) is 0.628. The molecule has 2 unspecified atom stereocenters. The molecule has 0 N–H and O–H groups in total. The molecule has 0 spiro atoms. The summed E-state index contributed by atoms with van der Waals surface area (Å²) in [4.78, 5) is 11.4. The predicted molar refractivity (Wildman–Crippen MR) is 70.3 cm³/mol. The third-order valence-electron chi connectivity index (χ3n) is 2.21. The van der Waals surface area contributed by atoms with E-state index < -0.39 is 11.8 Å². The molecule has 88 valence electrons. The number of hydrogen-bond acceptors (Lipinski definition) is 2. The third-order valence-corrected chi connectivity index (χ3v) is 3.23. The van der Waals surface area contributed by atoms with Gasteiger partial charge in [-0.15, -0.1) is 18.5 Å². The van der Waals surface area contributed by atoms with Gasteiger partial charge in [-0.2, -0.15) is 0 Å². The van der Waals surface area contributed by atoms with Gasteiger partial charge in [0.05, 0.1) is 5.92 Å². The summed E-state index contributed by atoms with van der Waals surface area (Å²) >= 11 is 0. The maximum Gasteiger partial charge on any atom is 0.313 e. The van der Waals surface area contributed by atoms with Crippen molar-refractivity contribution in [3.05, 3.63) is 17.4 Å². The van der Waals surface area contributed by atoms with Gasteiger partial charge >= 0.3 is 5.97 Å². The maximum absolute atomic E-state index is 13.8. The SMILES string of the molecule is Cc1c(P)cc(P)c(F)c1OC(=O)C(C)C. The smallest absolute Gasteiger partial charge is 0.313 e. The van der Waals surface area contributed by atoms with Crippen LogP contribution in [-0.4, -0.2) is 5.97 Å². The van der Waals surface area contributed by atoms with Gasteiger partial charge in [-0.1, -0.05) is 13.8 Å². The lowest BCUT2D eigenvalue weighted by Gasteiger charge is -2.13. The summed E-state index contributed by atoms with van der Waals surface area (Å²) in [6.45, 7) is 5.14. The maximum atomic E-state index is 13.8. The number of carbonyl (C=O) groups excluding carboxylic acids is 1. The van der Waals surface area contributed by atoms with Gasteiger partial charge in [0.25, 0.3) is 0 Å². The van der Waals surface area contributed by atoms with Crippen molar-refractivity contribution >= 4 is 35.1 Å². The molecule has 1 aromatic rings. The van der Waals surface area contributed by atoms with Gasteiger partial charge in [-0.05, 0) is 18.3 Å². The fraction of sp³-hybridized carbons (Fsp3) is 0.364. The Morgan fingerprint density at radius 1 is 1.38 bits per heavy atom. The molecule has 0 fully saturated rings. The highest BCUT2D eigenvalue weighted by Crippen LogP contribution is 2.22. The largest absolute Gasteiger partial charge is 0.423 e. The predicted octanol–water partition coefficient (Wildman–Crippen LogP) is 1.70. The first-order chi connectivity index (χ1) is 7.34. The van der Waals surface area contributed by atoms with E-state index in [0.29, 0.717) is 10.9 Å². The lowest BCUT2D eigenvalue weighted by Crippen LogP contribution is -2.20. The zero-order valence-corrected chi connectivity index (χ0v) is 11.8. The van der Waals surface area contributed by atoms with Crippen molar-refractivity contribution in [2.75, 3.05) is 0 Å². The standard InChI is InChI=1S/C11H15FO2P2/c1-5(2)11(13)14-10-6(3)7(15)4-8(16)9(10)12/h4-5H,15-16H2,1-3H3. The first-order valence-corrected chi connectivity index (χ1v) is 6.05. The van der Waals surface area contributed by atoms with Gasteiger partial charge in [0.1, 0.15) is 0 Å².